The van der Waals surface area contributed by atoms with E-state index in [1.807, 2.05) is 0 Å². The van der Waals surface area contributed by atoms with Crippen LogP contribution in [0.3, 0.4) is 0 Å². The van der Waals surface area contributed by atoms with Crippen molar-refractivity contribution in [3.05, 3.63) is 23.5 Å². The molecule has 0 bridgehead atoms. The van der Waals surface area contributed by atoms with E-state index in [0.29, 0.717) is 30.1 Å². The summed E-state index contributed by atoms with van der Waals surface area (Å²) >= 11 is 0. The number of amides is 2. The van der Waals surface area contributed by atoms with E-state index in [1.54, 1.807) is 27.1 Å². The molecule has 0 unspecified atom stereocenters. The average Bonchev–Trinajstić information content (AvgIpc) is 2.41. The number of nitrogens with zero attached hydrogens (tertiary/aromatic N) is 2. The minimum absolute atomic E-state index is 0.0310. The fourth-order valence-electron chi connectivity index (χ4n) is 1.61. The molecule has 1 aromatic heterocycles. The molecule has 0 radical (unpaired) electrons. The number of carbonyl (C=O) groups excluding carboxylic acids is 2. The van der Waals surface area contributed by atoms with Crippen LogP contribution in [0.25, 0.3) is 0 Å². The molecule has 3 N–H and O–H groups in total. The van der Waals surface area contributed by atoms with Gasteiger partial charge < -0.3 is 20.7 Å². The van der Waals surface area contributed by atoms with Crippen molar-refractivity contribution in [2.75, 3.05) is 39.6 Å². The number of hydrogen-bond acceptors (Lipinski definition) is 5. The van der Waals surface area contributed by atoms with Gasteiger partial charge >= 0.3 is 0 Å². The number of aromatic nitrogens is 1. The molecular formula is C13H20N4O3. The largest absolute Gasteiger partial charge is 0.397 e. The molecule has 0 saturated heterocycles. The quantitative estimate of drug-likeness (QED) is 0.704. The lowest BCUT2D eigenvalue weighted by Gasteiger charge is -2.17. The van der Waals surface area contributed by atoms with Crippen LogP contribution in [0.15, 0.2) is 12.3 Å². The fraction of sp³-hybridized carbons (Fsp3) is 0.462. The number of hydrogen-bond donors (Lipinski definition) is 2. The second kappa shape index (κ2) is 7.44. The van der Waals surface area contributed by atoms with Crippen LogP contribution in [0, 0.1) is 6.92 Å². The zero-order chi connectivity index (χ0) is 15.1. The van der Waals surface area contributed by atoms with Crippen molar-refractivity contribution < 1.29 is 14.3 Å². The Morgan fingerprint density at radius 3 is 2.85 bits per heavy atom. The molecule has 1 rings (SSSR count). The summed E-state index contributed by atoms with van der Waals surface area (Å²) in [5.41, 5.74) is 7.01. The molecule has 0 aliphatic carbocycles. The summed E-state index contributed by atoms with van der Waals surface area (Å²) in [4.78, 5) is 29.2. The summed E-state index contributed by atoms with van der Waals surface area (Å²) in [6.07, 6.45) is 1.49. The highest BCUT2D eigenvalue weighted by Gasteiger charge is 2.17. The number of nitrogens with two attached hydrogens (primary N) is 1. The summed E-state index contributed by atoms with van der Waals surface area (Å²) in [5, 5.41) is 2.65. The van der Waals surface area contributed by atoms with Crippen molar-refractivity contribution in [3.63, 3.8) is 0 Å². The molecule has 7 nitrogen and oxygen atoms in total. The van der Waals surface area contributed by atoms with E-state index in [4.69, 9.17) is 10.5 Å². The van der Waals surface area contributed by atoms with Gasteiger partial charge in [-0.2, -0.15) is 0 Å². The number of nitrogens with one attached hydrogen (secondary N) is 1. The van der Waals surface area contributed by atoms with Gasteiger partial charge in [0.2, 0.25) is 5.91 Å². The first-order valence-corrected chi connectivity index (χ1v) is 6.19. The molecule has 1 heterocycles. The summed E-state index contributed by atoms with van der Waals surface area (Å²) in [7, 11) is 3.11. The lowest BCUT2D eigenvalue weighted by Crippen LogP contribution is -2.39. The summed E-state index contributed by atoms with van der Waals surface area (Å²) in [6, 6.07) is 1.56. The molecule has 2 amide bonds. The first-order chi connectivity index (χ1) is 9.45. The van der Waals surface area contributed by atoms with Crippen molar-refractivity contribution in [1.29, 1.82) is 0 Å². The van der Waals surface area contributed by atoms with Crippen LogP contribution >= 0.6 is 0 Å². The maximum Gasteiger partial charge on any atom is 0.255 e. The van der Waals surface area contributed by atoms with Crippen molar-refractivity contribution in [3.8, 4) is 0 Å². The Morgan fingerprint density at radius 1 is 1.50 bits per heavy atom. The number of carbonyl (C=O) groups is 2. The Balaban J connectivity index is 2.62. The number of ether oxygens (including phenoxy) is 1. The third-order valence-electron chi connectivity index (χ3n) is 2.69. The Labute approximate surface area is 118 Å². The lowest BCUT2D eigenvalue weighted by atomic mass is 10.1. The van der Waals surface area contributed by atoms with Crippen LogP contribution < -0.4 is 11.1 Å². The molecule has 0 saturated carbocycles. The zero-order valence-corrected chi connectivity index (χ0v) is 12.0. The highest BCUT2D eigenvalue weighted by Crippen LogP contribution is 2.11. The van der Waals surface area contributed by atoms with Crippen LogP contribution in [-0.2, 0) is 9.53 Å². The highest BCUT2D eigenvalue weighted by atomic mass is 16.5. The Kier molecular flexibility index (Phi) is 5.92. The van der Waals surface area contributed by atoms with Gasteiger partial charge in [-0.25, -0.2) is 0 Å². The second-order valence-electron chi connectivity index (χ2n) is 4.41. The number of aryl methyl sites for hydroxylation is 1. The molecule has 0 atom stereocenters. The molecule has 110 valence electrons. The molecule has 7 heteroatoms. The fourth-order valence-corrected chi connectivity index (χ4v) is 1.61. The van der Waals surface area contributed by atoms with Crippen molar-refractivity contribution in [1.82, 2.24) is 15.2 Å². The van der Waals surface area contributed by atoms with E-state index >= 15 is 0 Å². The van der Waals surface area contributed by atoms with Crippen LogP contribution in [0.1, 0.15) is 16.1 Å². The smallest absolute Gasteiger partial charge is 0.255 e. The zero-order valence-electron chi connectivity index (χ0n) is 12.0. The van der Waals surface area contributed by atoms with Gasteiger partial charge in [0.1, 0.15) is 0 Å². The van der Waals surface area contributed by atoms with Crippen LogP contribution in [0.2, 0.25) is 0 Å². The number of likely N-dealkylation sites (N-methyl/N-ethyl adjacent to an activating group) is 1. The summed E-state index contributed by atoms with van der Waals surface area (Å²) in [6.45, 7) is 2.54. The predicted molar refractivity (Wildman–Crippen MR) is 75.2 cm³/mol. The van der Waals surface area contributed by atoms with E-state index < -0.39 is 0 Å². The Hall–Kier alpha value is -2.15. The standard InChI is InChI=1S/C13H20N4O3/c1-9-11(6-10(14)7-16-9)13(19)17(2)8-12(18)15-4-5-20-3/h6-7H,4-5,8,14H2,1-3H3,(H,15,18). The third kappa shape index (κ3) is 4.51. The van der Waals surface area contributed by atoms with E-state index in [0.717, 1.165) is 0 Å². The first kappa shape index (κ1) is 15.9. The summed E-state index contributed by atoms with van der Waals surface area (Å²) < 4.78 is 4.83. The second-order valence-corrected chi connectivity index (χ2v) is 4.41. The van der Waals surface area contributed by atoms with E-state index in [2.05, 4.69) is 10.3 Å². The van der Waals surface area contributed by atoms with E-state index in [1.165, 1.54) is 11.1 Å². The van der Waals surface area contributed by atoms with E-state index in [-0.39, 0.29) is 18.4 Å². The molecule has 0 aromatic carbocycles. The molecular weight excluding hydrogens is 260 g/mol. The predicted octanol–water partition coefficient (Wildman–Crippen LogP) is -0.193. The van der Waals surface area contributed by atoms with Crippen molar-refractivity contribution in [2.24, 2.45) is 0 Å². The number of pyridine rings is 1. The maximum atomic E-state index is 12.2. The highest BCUT2D eigenvalue weighted by molar-refractivity contribution is 5.97. The molecule has 20 heavy (non-hydrogen) atoms. The summed E-state index contributed by atoms with van der Waals surface area (Å²) in [5.74, 6) is -0.531. The molecule has 1 aromatic rings. The minimum Gasteiger partial charge on any atom is -0.397 e. The minimum atomic E-state index is -0.288. The molecule has 0 fully saturated rings. The lowest BCUT2D eigenvalue weighted by molar-refractivity contribution is -0.121. The van der Waals surface area contributed by atoms with Gasteiger partial charge in [-0.15, -0.1) is 0 Å². The normalized spacial score (nSPS) is 10.2. The van der Waals surface area contributed by atoms with Crippen LogP contribution in [0.4, 0.5) is 5.69 Å². The first-order valence-electron chi connectivity index (χ1n) is 6.19. The SMILES string of the molecule is COCCNC(=O)CN(C)C(=O)c1cc(N)cnc1C. The van der Waals surface area contributed by atoms with E-state index in [9.17, 15) is 9.59 Å². The molecule has 0 aliphatic rings. The number of rotatable bonds is 6. The van der Waals surface area contributed by atoms with Gasteiger partial charge in [0.05, 0.1) is 36.3 Å². The van der Waals surface area contributed by atoms with Gasteiger partial charge in [-0.1, -0.05) is 0 Å². The van der Waals surface area contributed by atoms with Crippen LogP contribution in [-0.4, -0.2) is 55.6 Å². The van der Waals surface area contributed by atoms with Gasteiger partial charge in [0.15, 0.2) is 0 Å². The van der Waals surface area contributed by atoms with Gasteiger partial charge in [-0.05, 0) is 13.0 Å². The average molecular weight is 280 g/mol. The number of nitrogen functional groups attached to an aromatic ring is 1. The maximum absolute atomic E-state index is 12.2. The third-order valence-corrected chi connectivity index (χ3v) is 2.69. The van der Waals surface area contributed by atoms with Crippen molar-refractivity contribution in [2.45, 2.75) is 6.92 Å². The number of methoxy groups -OCH3 is 1. The monoisotopic (exact) mass is 280 g/mol. The Morgan fingerprint density at radius 2 is 2.20 bits per heavy atom. The Bertz CT molecular complexity index is 491. The van der Waals surface area contributed by atoms with Crippen LogP contribution in [0.5, 0.6) is 0 Å². The molecule has 0 spiro atoms. The molecule has 0 aliphatic heterocycles. The number of anilines is 1. The van der Waals surface area contributed by atoms with Gasteiger partial charge in [-0.3, -0.25) is 14.6 Å². The van der Waals surface area contributed by atoms with Gasteiger partial charge in [0, 0.05) is 20.7 Å². The van der Waals surface area contributed by atoms with Crippen molar-refractivity contribution >= 4 is 17.5 Å². The van der Waals surface area contributed by atoms with Gasteiger partial charge in [0.25, 0.3) is 5.91 Å². The topological polar surface area (TPSA) is 97.5 Å².